The zero-order valence-electron chi connectivity index (χ0n) is 15.7. The van der Waals surface area contributed by atoms with Gasteiger partial charge < -0.3 is 15.0 Å². The molecule has 2 aromatic carbocycles. The topological polar surface area (TPSA) is 87.3 Å². The van der Waals surface area contributed by atoms with E-state index in [0.29, 0.717) is 23.6 Å². The molecule has 0 radical (unpaired) electrons. The second-order valence-electron chi connectivity index (χ2n) is 6.78. The summed E-state index contributed by atoms with van der Waals surface area (Å²) in [6.07, 6.45) is 0.452. The van der Waals surface area contributed by atoms with E-state index >= 15 is 0 Å². The zero-order chi connectivity index (χ0) is 20.4. The number of nitrogens with zero attached hydrogens (tertiary/aromatic N) is 2. The lowest BCUT2D eigenvalue weighted by Crippen LogP contribution is -2.49. The number of rotatable bonds is 4. The molecule has 4 rings (SSSR count). The fraction of sp³-hybridized carbons (Fsp3) is 0.190. The molecule has 3 aromatic rings. The molecular weight excluding hydrogens is 375 g/mol. The molecule has 29 heavy (non-hydrogen) atoms. The van der Waals surface area contributed by atoms with E-state index in [1.807, 2.05) is 12.1 Å². The van der Waals surface area contributed by atoms with Gasteiger partial charge in [0.25, 0.3) is 11.8 Å². The average Bonchev–Trinajstić information content (AvgIpc) is 3.16. The van der Waals surface area contributed by atoms with Crippen LogP contribution < -0.4 is 15.0 Å². The van der Waals surface area contributed by atoms with Crippen molar-refractivity contribution in [3.63, 3.8) is 0 Å². The molecule has 2 amide bonds. The molecule has 0 fully saturated rings. The van der Waals surface area contributed by atoms with E-state index in [9.17, 15) is 14.0 Å². The van der Waals surface area contributed by atoms with Crippen LogP contribution in [0.5, 0.6) is 5.75 Å². The molecule has 0 saturated carbocycles. The summed E-state index contributed by atoms with van der Waals surface area (Å²) >= 11 is 0. The maximum Gasteiger partial charge on any atom is 0.270 e. The maximum absolute atomic E-state index is 13.0. The highest BCUT2D eigenvalue weighted by molar-refractivity contribution is 6.02. The Morgan fingerprint density at radius 2 is 2.03 bits per heavy atom. The molecular formula is C21H19FN4O3. The van der Waals surface area contributed by atoms with Gasteiger partial charge in [0, 0.05) is 13.5 Å². The van der Waals surface area contributed by atoms with Crippen molar-refractivity contribution in [2.24, 2.45) is 0 Å². The first-order chi connectivity index (χ1) is 14.0. The summed E-state index contributed by atoms with van der Waals surface area (Å²) < 4.78 is 18.7. The number of carbonyl (C=O) groups excluding carboxylic acids is 2. The predicted octanol–water partition coefficient (Wildman–Crippen LogP) is 2.29. The van der Waals surface area contributed by atoms with Gasteiger partial charge in [0.15, 0.2) is 0 Å². The summed E-state index contributed by atoms with van der Waals surface area (Å²) in [5.74, 6) is -0.444. The number of carbonyl (C=O) groups is 2. The number of para-hydroxylation sites is 2. The van der Waals surface area contributed by atoms with E-state index in [4.69, 9.17) is 4.74 Å². The highest BCUT2D eigenvalue weighted by Gasteiger charge is 2.30. The highest BCUT2D eigenvalue weighted by atomic mass is 19.1. The lowest BCUT2D eigenvalue weighted by atomic mass is 10.1. The summed E-state index contributed by atoms with van der Waals surface area (Å²) in [6.45, 7) is 0.0303. The van der Waals surface area contributed by atoms with Crippen LogP contribution in [0.3, 0.4) is 0 Å². The third kappa shape index (κ3) is 3.96. The first-order valence-corrected chi connectivity index (χ1v) is 9.10. The van der Waals surface area contributed by atoms with Crippen LogP contribution >= 0.6 is 0 Å². The monoisotopic (exact) mass is 394 g/mol. The molecule has 148 valence electrons. The van der Waals surface area contributed by atoms with Crippen LogP contribution in [-0.4, -0.2) is 41.7 Å². The van der Waals surface area contributed by atoms with E-state index in [2.05, 4.69) is 15.5 Å². The first-order valence-electron chi connectivity index (χ1n) is 9.10. The van der Waals surface area contributed by atoms with Gasteiger partial charge in [0.1, 0.15) is 29.9 Å². The van der Waals surface area contributed by atoms with Crippen LogP contribution in [-0.2, 0) is 11.2 Å². The minimum atomic E-state index is -0.830. The van der Waals surface area contributed by atoms with E-state index in [-0.39, 0.29) is 24.0 Å². The van der Waals surface area contributed by atoms with Crippen molar-refractivity contribution in [1.82, 2.24) is 15.5 Å². The van der Waals surface area contributed by atoms with Crippen LogP contribution in [0, 0.1) is 5.82 Å². The van der Waals surface area contributed by atoms with Gasteiger partial charge in [0.2, 0.25) is 0 Å². The van der Waals surface area contributed by atoms with Crippen molar-refractivity contribution in [1.29, 1.82) is 0 Å². The summed E-state index contributed by atoms with van der Waals surface area (Å²) in [5.41, 5.74) is 2.39. The van der Waals surface area contributed by atoms with Crippen LogP contribution in [0.2, 0.25) is 0 Å². The van der Waals surface area contributed by atoms with Gasteiger partial charge in [-0.3, -0.25) is 14.7 Å². The van der Waals surface area contributed by atoms with Crippen molar-refractivity contribution in [3.05, 3.63) is 77.4 Å². The van der Waals surface area contributed by atoms with Gasteiger partial charge >= 0.3 is 0 Å². The normalized spacial score (nSPS) is 16.0. The Morgan fingerprint density at radius 1 is 1.28 bits per heavy atom. The number of H-pyrrole nitrogens is 1. The third-order valence-electron chi connectivity index (χ3n) is 4.74. The Labute approximate surface area is 166 Å². The van der Waals surface area contributed by atoms with Crippen LogP contribution in [0.1, 0.15) is 21.7 Å². The summed E-state index contributed by atoms with van der Waals surface area (Å²) in [7, 11) is 1.64. The summed E-state index contributed by atoms with van der Waals surface area (Å²) in [6, 6.07) is 14.1. The number of halogens is 1. The van der Waals surface area contributed by atoms with Crippen LogP contribution in [0.4, 0.5) is 10.1 Å². The lowest BCUT2D eigenvalue weighted by molar-refractivity contribution is -0.120. The van der Waals surface area contributed by atoms with Crippen molar-refractivity contribution in [2.45, 2.75) is 12.5 Å². The Morgan fingerprint density at radius 3 is 2.83 bits per heavy atom. The SMILES string of the molecule is CN1C(=O)C(NC(=O)c2cc(Cc3ccc(F)cc3)n[nH]2)COc2ccccc21. The molecule has 0 saturated heterocycles. The predicted molar refractivity (Wildman–Crippen MR) is 104 cm³/mol. The molecule has 1 aliphatic rings. The molecule has 0 bridgehead atoms. The Hall–Kier alpha value is -3.68. The lowest BCUT2D eigenvalue weighted by Gasteiger charge is -2.20. The number of aromatic nitrogens is 2. The number of hydrogen-bond acceptors (Lipinski definition) is 4. The van der Waals surface area contributed by atoms with Crippen molar-refractivity contribution in [2.75, 3.05) is 18.6 Å². The molecule has 1 aliphatic heterocycles. The highest BCUT2D eigenvalue weighted by Crippen LogP contribution is 2.29. The van der Waals surface area contributed by atoms with Gasteiger partial charge in [-0.2, -0.15) is 5.10 Å². The second-order valence-corrected chi connectivity index (χ2v) is 6.78. The number of nitrogens with one attached hydrogen (secondary N) is 2. The van der Waals surface area contributed by atoms with E-state index in [1.54, 1.807) is 37.4 Å². The summed E-state index contributed by atoms with van der Waals surface area (Å²) in [4.78, 5) is 26.8. The first kappa shape index (κ1) is 18.7. The number of benzene rings is 2. The number of hydrogen-bond donors (Lipinski definition) is 2. The van der Waals surface area contributed by atoms with Crippen LogP contribution in [0.15, 0.2) is 54.6 Å². The third-order valence-corrected chi connectivity index (χ3v) is 4.74. The van der Waals surface area contributed by atoms with Crippen molar-refractivity contribution >= 4 is 17.5 Å². The Kier molecular flexibility index (Phi) is 4.99. The van der Waals surface area contributed by atoms with Gasteiger partial charge in [-0.1, -0.05) is 24.3 Å². The standard InChI is InChI=1S/C21H19FN4O3/c1-26-18-4-2-3-5-19(18)29-12-17(21(26)28)23-20(27)16-11-15(24-25-16)10-13-6-8-14(22)9-7-13/h2-9,11,17H,10,12H2,1H3,(H,23,27)(H,24,25). The number of ether oxygens (including phenoxy) is 1. The van der Waals surface area contributed by atoms with Crippen molar-refractivity contribution in [3.8, 4) is 5.75 Å². The van der Waals surface area contributed by atoms with E-state index < -0.39 is 11.9 Å². The minimum Gasteiger partial charge on any atom is -0.489 e. The second kappa shape index (κ2) is 7.75. The molecule has 7 nitrogen and oxygen atoms in total. The molecule has 2 heterocycles. The molecule has 1 unspecified atom stereocenters. The molecule has 0 spiro atoms. The largest absolute Gasteiger partial charge is 0.489 e. The van der Waals surface area contributed by atoms with Gasteiger partial charge in [-0.15, -0.1) is 0 Å². The van der Waals surface area contributed by atoms with Gasteiger partial charge in [-0.05, 0) is 35.9 Å². The number of anilines is 1. The number of likely N-dealkylation sites (N-methyl/N-ethyl adjacent to an activating group) is 1. The van der Waals surface area contributed by atoms with E-state index in [0.717, 1.165) is 5.56 Å². The number of amides is 2. The minimum absolute atomic E-state index is 0.0303. The maximum atomic E-state index is 13.0. The average molecular weight is 394 g/mol. The van der Waals surface area contributed by atoms with Crippen molar-refractivity contribution < 1.29 is 18.7 Å². The zero-order valence-corrected chi connectivity index (χ0v) is 15.7. The molecule has 1 atom stereocenters. The molecule has 1 aromatic heterocycles. The molecule has 0 aliphatic carbocycles. The number of aromatic amines is 1. The fourth-order valence-corrected chi connectivity index (χ4v) is 3.17. The quantitative estimate of drug-likeness (QED) is 0.711. The summed E-state index contributed by atoms with van der Waals surface area (Å²) in [5, 5.41) is 9.51. The molecule has 8 heteroatoms. The van der Waals surface area contributed by atoms with Gasteiger partial charge in [-0.25, -0.2) is 4.39 Å². The Bertz CT molecular complexity index is 1050. The molecule has 2 N–H and O–H groups in total. The van der Waals surface area contributed by atoms with E-state index in [1.165, 1.54) is 17.0 Å². The number of fused-ring (bicyclic) bond motifs is 1. The van der Waals surface area contributed by atoms with Gasteiger partial charge in [0.05, 0.1) is 11.4 Å². The smallest absolute Gasteiger partial charge is 0.270 e. The fourth-order valence-electron chi connectivity index (χ4n) is 3.17. The van der Waals surface area contributed by atoms with Crippen LogP contribution in [0.25, 0.3) is 0 Å². The Balaban J connectivity index is 1.44.